The van der Waals surface area contributed by atoms with Gasteiger partial charge in [-0.2, -0.15) is 0 Å². The Bertz CT molecular complexity index is 921. The fourth-order valence-electron chi connectivity index (χ4n) is 4.86. The fraction of sp³-hybridized carbons (Fsp3) is 0.538. The molecule has 0 bridgehead atoms. The van der Waals surface area contributed by atoms with E-state index in [0.29, 0.717) is 0 Å². The standard InChI is InChI=1S/C26H35FN2O/c1-18(2)22-8-6-19-16-29(11-10-23(19)25(22)27)17-26(3,4)21-7-9-24-20(14-21)15-28(5)12-13-30-24/h6-9,14,18H,10-13,15-17H2,1-5H3. The van der Waals surface area contributed by atoms with E-state index in [1.165, 1.54) is 11.1 Å². The summed E-state index contributed by atoms with van der Waals surface area (Å²) in [4.78, 5) is 4.79. The second-order valence-corrected chi connectivity index (χ2v) is 10.0. The average molecular weight is 411 g/mol. The molecule has 0 N–H and O–H groups in total. The van der Waals surface area contributed by atoms with E-state index in [1.807, 2.05) is 6.07 Å². The molecule has 3 nitrogen and oxygen atoms in total. The van der Waals surface area contributed by atoms with Gasteiger partial charge in [-0.1, -0.05) is 52.0 Å². The van der Waals surface area contributed by atoms with Crippen LogP contribution in [-0.4, -0.2) is 43.1 Å². The lowest BCUT2D eigenvalue weighted by molar-refractivity contribution is 0.205. The highest BCUT2D eigenvalue weighted by molar-refractivity contribution is 5.41. The quantitative estimate of drug-likeness (QED) is 0.697. The molecule has 0 saturated carbocycles. The predicted octanol–water partition coefficient (Wildman–Crippen LogP) is 5.11. The third-order valence-electron chi connectivity index (χ3n) is 6.70. The summed E-state index contributed by atoms with van der Waals surface area (Å²) in [6.45, 7) is 14.1. The van der Waals surface area contributed by atoms with Crippen molar-refractivity contribution in [3.05, 3.63) is 64.0 Å². The summed E-state index contributed by atoms with van der Waals surface area (Å²) in [5, 5.41) is 0. The number of rotatable bonds is 4. The number of nitrogens with zero attached hydrogens (tertiary/aromatic N) is 2. The fourth-order valence-corrected chi connectivity index (χ4v) is 4.86. The Morgan fingerprint density at radius 3 is 2.63 bits per heavy atom. The van der Waals surface area contributed by atoms with Crippen molar-refractivity contribution in [3.63, 3.8) is 0 Å². The smallest absolute Gasteiger partial charge is 0.130 e. The summed E-state index contributed by atoms with van der Waals surface area (Å²) in [6, 6.07) is 10.8. The van der Waals surface area contributed by atoms with E-state index in [0.717, 1.165) is 68.2 Å². The van der Waals surface area contributed by atoms with Gasteiger partial charge in [0.05, 0.1) is 0 Å². The first-order chi connectivity index (χ1) is 14.2. The van der Waals surface area contributed by atoms with E-state index >= 15 is 0 Å². The summed E-state index contributed by atoms with van der Waals surface area (Å²) in [7, 11) is 2.14. The second kappa shape index (κ2) is 8.32. The Morgan fingerprint density at radius 1 is 1.07 bits per heavy atom. The van der Waals surface area contributed by atoms with Crippen LogP contribution in [0.5, 0.6) is 5.75 Å². The number of halogens is 1. The van der Waals surface area contributed by atoms with Gasteiger partial charge in [0.25, 0.3) is 0 Å². The highest BCUT2D eigenvalue weighted by Crippen LogP contribution is 2.33. The normalized spacial score (nSPS) is 18.0. The van der Waals surface area contributed by atoms with Crippen LogP contribution in [-0.2, 0) is 24.9 Å². The van der Waals surface area contributed by atoms with E-state index in [-0.39, 0.29) is 17.2 Å². The summed E-state index contributed by atoms with van der Waals surface area (Å²) in [6.07, 6.45) is 0.792. The molecule has 2 aromatic rings. The first-order valence-corrected chi connectivity index (χ1v) is 11.2. The zero-order valence-electron chi connectivity index (χ0n) is 19.1. The van der Waals surface area contributed by atoms with Gasteiger partial charge in [-0.3, -0.25) is 9.80 Å². The van der Waals surface area contributed by atoms with Crippen LogP contribution >= 0.6 is 0 Å². The maximum absolute atomic E-state index is 14.9. The zero-order valence-corrected chi connectivity index (χ0v) is 19.1. The highest BCUT2D eigenvalue weighted by Gasteiger charge is 2.29. The van der Waals surface area contributed by atoms with E-state index in [9.17, 15) is 4.39 Å². The van der Waals surface area contributed by atoms with Gasteiger partial charge >= 0.3 is 0 Å². The molecule has 0 atom stereocenters. The zero-order chi connectivity index (χ0) is 21.5. The summed E-state index contributed by atoms with van der Waals surface area (Å²) >= 11 is 0. The van der Waals surface area contributed by atoms with Crippen LogP contribution in [0.2, 0.25) is 0 Å². The number of hydrogen-bond acceptors (Lipinski definition) is 3. The Balaban J connectivity index is 1.51. The van der Waals surface area contributed by atoms with Crippen LogP contribution in [0.4, 0.5) is 4.39 Å². The molecule has 0 saturated heterocycles. The van der Waals surface area contributed by atoms with E-state index in [1.54, 1.807) is 0 Å². The molecule has 0 fully saturated rings. The molecule has 0 unspecified atom stereocenters. The van der Waals surface area contributed by atoms with Crippen LogP contribution in [0.25, 0.3) is 0 Å². The molecule has 4 heteroatoms. The van der Waals surface area contributed by atoms with Crippen LogP contribution in [0.3, 0.4) is 0 Å². The summed E-state index contributed by atoms with van der Waals surface area (Å²) in [5.41, 5.74) is 5.55. The van der Waals surface area contributed by atoms with Gasteiger partial charge in [0.15, 0.2) is 0 Å². The minimum Gasteiger partial charge on any atom is -0.492 e. The molecule has 2 aliphatic rings. The van der Waals surface area contributed by atoms with Crippen LogP contribution in [0.15, 0.2) is 30.3 Å². The molecule has 0 radical (unpaired) electrons. The Hall–Kier alpha value is -1.91. The number of likely N-dealkylation sites (N-methyl/N-ethyl adjacent to an activating group) is 1. The lowest BCUT2D eigenvalue weighted by Crippen LogP contribution is -2.40. The Kier molecular flexibility index (Phi) is 5.91. The van der Waals surface area contributed by atoms with Crippen molar-refractivity contribution < 1.29 is 9.13 Å². The minimum atomic E-state index is 0.00776. The second-order valence-electron chi connectivity index (χ2n) is 10.0. The Morgan fingerprint density at radius 2 is 1.87 bits per heavy atom. The van der Waals surface area contributed by atoms with Gasteiger partial charge in [-0.15, -0.1) is 0 Å². The average Bonchev–Trinajstić information content (AvgIpc) is 2.87. The third kappa shape index (κ3) is 4.26. The molecule has 2 aromatic carbocycles. The van der Waals surface area contributed by atoms with Crippen molar-refractivity contribution in [2.24, 2.45) is 0 Å². The number of benzene rings is 2. The first-order valence-electron chi connectivity index (χ1n) is 11.2. The van der Waals surface area contributed by atoms with Crippen LogP contribution in [0, 0.1) is 5.82 Å². The minimum absolute atomic E-state index is 0.00776. The largest absolute Gasteiger partial charge is 0.492 e. The molecule has 30 heavy (non-hydrogen) atoms. The number of fused-ring (bicyclic) bond motifs is 2. The Labute approximate surface area is 180 Å². The SMILES string of the molecule is CC(C)c1ccc2c(c1F)CCN(CC(C)(C)c1ccc3c(c1)CN(C)CCO3)C2. The molecule has 0 aromatic heterocycles. The van der Waals surface area contributed by atoms with Crippen molar-refractivity contribution in [1.29, 1.82) is 0 Å². The third-order valence-corrected chi connectivity index (χ3v) is 6.70. The van der Waals surface area contributed by atoms with Gasteiger partial charge in [0.2, 0.25) is 0 Å². The van der Waals surface area contributed by atoms with Gasteiger partial charge in [-0.05, 0) is 47.7 Å². The van der Waals surface area contributed by atoms with Crippen molar-refractivity contribution in [2.75, 3.05) is 33.3 Å². The van der Waals surface area contributed by atoms with Gasteiger partial charge < -0.3 is 4.74 Å². The van der Waals surface area contributed by atoms with Gasteiger partial charge in [0.1, 0.15) is 18.2 Å². The maximum atomic E-state index is 14.9. The molecule has 2 heterocycles. The number of hydrogen-bond donors (Lipinski definition) is 0. The van der Waals surface area contributed by atoms with Crippen molar-refractivity contribution in [3.8, 4) is 5.75 Å². The first kappa shape index (κ1) is 21.3. The monoisotopic (exact) mass is 410 g/mol. The lowest BCUT2D eigenvalue weighted by atomic mass is 9.82. The topological polar surface area (TPSA) is 15.7 Å². The predicted molar refractivity (Wildman–Crippen MR) is 121 cm³/mol. The number of ether oxygens (including phenoxy) is 1. The molecule has 4 rings (SSSR count). The van der Waals surface area contributed by atoms with E-state index < -0.39 is 0 Å². The van der Waals surface area contributed by atoms with Gasteiger partial charge in [0, 0.05) is 43.7 Å². The van der Waals surface area contributed by atoms with E-state index in [4.69, 9.17) is 4.74 Å². The molecular formula is C26H35FN2O. The lowest BCUT2D eigenvalue weighted by Gasteiger charge is -2.36. The summed E-state index contributed by atoms with van der Waals surface area (Å²) < 4.78 is 20.9. The van der Waals surface area contributed by atoms with Gasteiger partial charge in [-0.25, -0.2) is 4.39 Å². The molecule has 2 aliphatic heterocycles. The summed E-state index contributed by atoms with van der Waals surface area (Å²) in [5.74, 6) is 1.27. The molecule has 0 aliphatic carbocycles. The van der Waals surface area contributed by atoms with Crippen molar-refractivity contribution >= 4 is 0 Å². The molecule has 162 valence electrons. The van der Waals surface area contributed by atoms with Crippen LogP contribution < -0.4 is 4.74 Å². The molecule has 0 amide bonds. The molecular weight excluding hydrogens is 375 g/mol. The van der Waals surface area contributed by atoms with Crippen molar-refractivity contribution in [2.45, 2.75) is 58.5 Å². The van der Waals surface area contributed by atoms with Crippen molar-refractivity contribution in [1.82, 2.24) is 9.80 Å². The highest BCUT2D eigenvalue weighted by atomic mass is 19.1. The molecule has 0 spiro atoms. The van der Waals surface area contributed by atoms with Crippen LogP contribution in [0.1, 0.15) is 61.4 Å². The maximum Gasteiger partial charge on any atom is 0.130 e. The van der Waals surface area contributed by atoms with E-state index in [2.05, 4.69) is 68.8 Å².